The Morgan fingerprint density at radius 3 is 2.48 bits per heavy atom. The number of hydrogen-bond donors (Lipinski definition) is 1. The van der Waals surface area contributed by atoms with Crippen LogP contribution in [0.2, 0.25) is 0 Å². The van der Waals surface area contributed by atoms with Crippen LogP contribution >= 0.6 is 0 Å². The number of aromatic nitrogens is 1. The summed E-state index contributed by atoms with van der Waals surface area (Å²) >= 11 is 0. The number of anilines is 1. The third-order valence-electron chi connectivity index (χ3n) is 3.76. The van der Waals surface area contributed by atoms with E-state index in [9.17, 15) is 0 Å². The topological polar surface area (TPSA) is 42.1 Å². The molecule has 0 aliphatic heterocycles. The fourth-order valence-electron chi connectivity index (χ4n) is 2.53. The minimum Gasteiger partial charge on any atom is -0.363 e. The van der Waals surface area contributed by atoms with E-state index in [0.717, 1.165) is 18.7 Å². The summed E-state index contributed by atoms with van der Waals surface area (Å²) in [5.74, 6) is 0. The number of rotatable bonds is 7. The van der Waals surface area contributed by atoms with Crippen molar-refractivity contribution < 1.29 is 0 Å². The van der Waals surface area contributed by atoms with Gasteiger partial charge in [0.25, 0.3) is 0 Å². The lowest BCUT2D eigenvalue weighted by molar-refractivity contribution is 0.603. The summed E-state index contributed by atoms with van der Waals surface area (Å²) < 4.78 is 0. The highest BCUT2D eigenvalue weighted by molar-refractivity contribution is 5.48. The summed E-state index contributed by atoms with van der Waals surface area (Å²) in [6.45, 7) is 5.82. The third kappa shape index (κ3) is 4.05. The Balaban J connectivity index is 2.30. The first-order valence-corrected chi connectivity index (χ1v) is 7.70. The molecule has 0 aliphatic rings. The lowest BCUT2D eigenvalue weighted by Crippen LogP contribution is -2.34. The predicted octanol–water partition coefficient (Wildman–Crippen LogP) is 3.70. The maximum Gasteiger partial charge on any atom is 0.0679 e. The fourth-order valence-corrected chi connectivity index (χ4v) is 2.53. The molecule has 0 spiro atoms. The van der Waals surface area contributed by atoms with Crippen LogP contribution in [0.5, 0.6) is 0 Å². The molecule has 0 amide bonds. The summed E-state index contributed by atoms with van der Waals surface area (Å²) in [7, 11) is 0. The van der Waals surface area contributed by atoms with Crippen molar-refractivity contribution in [3.63, 3.8) is 0 Å². The first-order chi connectivity index (χ1) is 10.3. The van der Waals surface area contributed by atoms with Crippen LogP contribution in [-0.2, 0) is 0 Å². The van der Waals surface area contributed by atoms with Crippen molar-refractivity contribution in [2.75, 3.05) is 18.0 Å². The quantitative estimate of drug-likeness (QED) is 0.842. The first kappa shape index (κ1) is 15.5. The summed E-state index contributed by atoms with van der Waals surface area (Å²) in [4.78, 5) is 6.82. The van der Waals surface area contributed by atoms with E-state index in [0.29, 0.717) is 6.54 Å². The maximum atomic E-state index is 6.08. The molecule has 0 fully saturated rings. The number of hydrogen-bond acceptors (Lipinski definition) is 3. The van der Waals surface area contributed by atoms with E-state index in [1.807, 2.05) is 19.2 Å². The Kier molecular flexibility index (Phi) is 5.76. The van der Waals surface area contributed by atoms with Crippen LogP contribution in [0.15, 0.2) is 48.7 Å². The lowest BCUT2D eigenvalue weighted by atomic mass is 10.1. The molecule has 21 heavy (non-hydrogen) atoms. The van der Waals surface area contributed by atoms with Crippen LogP contribution in [0.25, 0.3) is 0 Å². The molecule has 0 saturated heterocycles. The summed E-state index contributed by atoms with van der Waals surface area (Å²) in [5.41, 5.74) is 9.53. The highest BCUT2D eigenvalue weighted by Crippen LogP contribution is 2.26. The van der Waals surface area contributed by atoms with Gasteiger partial charge in [0.15, 0.2) is 0 Å². The average molecular weight is 283 g/mol. The van der Waals surface area contributed by atoms with Crippen molar-refractivity contribution in [3.8, 4) is 0 Å². The van der Waals surface area contributed by atoms with Crippen molar-refractivity contribution in [1.29, 1.82) is 0 Å². The zero-order valence-electron chi connectivity index (χ0n) is 13.0. The van der Waals surface area contributed by atoms with Gasteiger partial charge in [0.05, 0.1) is 6.04 Å². The van der Waals surface area contributed by atoms with Crippen molar-refractivity contribution >= 4 is 5.69 Å². The van der Waals surface area contributed by atoms with Crippen molar-refractivity contribution in [2.24, 2.45) is 5.73 Å². The van der Waals surface area contributed by atoms with Gasteiger partial charge in [0.2, 0.25) is 0 Å². The van der Waals surface area contributed by atoms with Crippen molar-refractivity contribution in [1.82, 2.24) is 4.98 Å². The van der Waals surface area contributed by atoms with Gasteiger partial charge in [-0.25, -0.2) is 0 Å². The molecule has 0 aliphatic carbocycles. The molecule has 1 aromatic heterocycles. The van der Waals surface area contributed by atoms with Crippen LogP contribution in [0.4, 0.5) is 5.69 Å². The Morgan fingerprint density at radius 1 is 1.14 bits per heavy atom. The Labute approximate surface area is 127 Å². The molecule has 0 saturated carbocycles. The van der Waals surface area contributed by atoms with E-state index in [-0.39, 0.29) is 6.04 Å². The summed E-state index contributed by atoms with van der Waals surface area (Å²) in [6, 6.07) is 14.9. The SMILES string of the molecule is CCCCN(c1ccccc1)C(CN)c1ccc(C)nc1. The Bertz CT molecular complexity index is 522. The third-order valence-corrected chi connectivity index (χ3v) is 3.76. The van der Waals surface area contributed by atoms with E-state index < -0.39 is 0 Å². The second kappa shape index (κ2) is 7.79. The minimum atomic E-state index is 0.173. The van der Waals surface area contributed by atoms with Gasteiger partial charge in [-0.1, -0.05) is 37.6 Å². The molecule has 2 N–H and O–H groups in total. The van der Waals surface area contributed by atoms with Crippen molar-refractivity contribution in [2.45, 2.75) is 32.7 Å². The summed E-state index contributed by atoms with van der Waals surface area (Å²) in [5, 5.41) is 0. The molecular formula is C18H25N3. The largest absolute Gasteiger partial charge is 0.363 e. The number of unbranched alkanes of at least 4 members (excludes halogenated alkanes) is 1. The molecule has 2 rings (SSSR count). The van der Waals surface area contributed by atoms with Gasteiger partial charge in [0, 0.05) is 30.7 Å². The van der Waals surface area contributed by atoms with Gasteiger partial charge in [-0.15, -0.1) is 0 Å². The number of aryl methyl sites for hydroxylation is 1. The zero-order valence-corrected chi connectivity index (χ0v) is 13.0. The Morgan fingerprint density at radius 2 is 1.90 bits per heavy atom. The highest BCUT2D eigenvalue weighted by atomic mass is 15.2. The molecular weight excluding hydrogens is 258 g/mol. The second-order valence-electron chi connectivity index (χ2n) is 5.37. The molecule has 112 valence electrons. The first-order valence-electron chi connectivity index (χ1n) is 7.70. The number of para-hydroxylation sites is 1. The molecule has 1 aromatic carbocycles. The number of benzene rings is 1. The molecule has 0 radical (unpaired) electrons. The Hall–Kier alpha value is -1.87. The molecule has 1 atom stereocenters. The van der Waals surface area contributed by atoms with E-state index in [4.69, 9.17) is 5.73 Å². The van der Waals surface area contributed by atoms with Gasteiger partial charge in [-0.3, -0.25) is 4.98 Å². The van der Waals surface area contributed by atoms with Crippen LogP contribution in [-0.4, -0.2) is 18.1 Å². The smallest absolute Gasteiger partial charge is 0.0679 e. The van der Waals surface area contributed by atoms with E-state index >= 15 is 0 Å². The summed E-state index contributed by atoms with van der Waals surface area (Å²) in [6.07, 6.45) is 4.28. The van der Waals surface area contributed by atoms with E-state index in [2.05, 4.69) is 53.2 Å². The van der Waals surface area contributed by atoms with Gasteiger partial charge in [-0.05, 0) is 37.1 Å². The average Bonchev–Trinajstić information content (AvgIpc) is 2.53. The maximum absolute atomic E-state index is 6.08. The normalized spacial score (nSPS) is 12.1. The number of pyridine rings is 1. The lowest BCUT2D eigenvalue weighted by Gasteiger charge is -2.33. The van der Waals surface area contributed by atoms with Gasteiger partial charge >= 0.3 is 0 Å². The molecule has 1 heterocycles. The predicted molar refractivity (Wildman–Crippen MR) is 89.5 cm³/mol. The van der Waals surface area contributed by atoms with Gasteiger partial charge in [0.1, 0.15) is 0 Å². The monoisotopic (exact) mass is 283 g/mol. The van der Waals surface area contributed by atoms with Crippen molar-refractivity contribution in [3.05, 3.63) is 59.9 Å². The van der Waals surface area contributed by atoms with Crippen LogP contribution in [0.3, 0.4) is 0 Å². The molecule has 3 nitrogen and oxygen atoms in total. The molecule has 3 heteroatoms. The van der Waals surface area contributed by atoms with E-state index in [1.54, 1.807) is 0 Å². The zero-order chi connectivity index (χ0) is 15.1. The number of nitrogens with zero attached hydrogens (tertiary/aromatic N) is 2. The molecule has 2 aromatic rings. The molecule has 1 unspecified atom stereocenters. The van der Waals surface area contributed by atoms with Crippen LogP contribution < -0.4 is 10.6 Å². The van der Waals surface area contributed by atoms with Gasteiger partial charge in [-0.2, -0.15) is 0 Å². The fraction of sp³-hybridized carbons (Fsp3) is 0.389. The molecule has 0 bridgehead atoms. The number of nitrogens with two attached hydrogens (primary N) is 1. The standard InChI is InChI=1S/C18H25N3/c1-3-4-12-21(17-8-6-5-7-9-17)18(13-19)16-11-10-15(2)20-14-16/h5-11,14,18H,3-4,12-13,19H2,1-2H3. The minimum absolute atomic E-state index is 0.173. The highest BCUT2D eigenvalue weighted by Gasteiger charge is 2.19. The second-order valence-corrected chi connectivity index (χ2v) is 5.37. The van der Waals surface area contributed by atoms with Gasteiger partial charge < -0.3 is 10.6 Å². The van der Waals surface area contributed by atoms with Crippen LogP contribution in [0.1, 0.15) is 37.1 Å². The van der Waals surface area contributed by atoms with E-state index in [1.165, 1.54) is 17.7 Å². The van der Waals surface area contributed by atoms with Crippen LogP contribution in [0, 0.1) is 6.92 Å².